The Morgan fingerprint density at radius 3 is 2.68 bits per heavy atom. The van der Waals surface area contributed by atoms with Gasteiger partial charge in [0, 0.05) is 0 Å². The fourth-order valence-corrected chi connectivity index (χ4v) is 1.39. The van der Waals surface area contributed by atoms with Gasteiger partial charge in [-0.1, -0.05) is 12.0 Å². The monoisotopic (exact) mass is 304 g/mol. The molecule has 0 aliphatic heterocycles. The number of nitrogens with one attached hydrogen (secondary N) is 1. The molecular formula is C16H20N2O4. The molecule has 0 aromatic carbocycles. The Balaban J connectivity index is 2.56. The first-order chi connectivity index (χ1) is 10.3. The third-order valence-electron chi connectivity index (χ3n) is 2.17. The number of hydrogen-bond acceptors (Lipinski definition) is 5. The van der Waals surface area contributed by atoms with Crippen LogP contribution in [0.4, 0.5) is 4.79 Å². The highest BCUT2D eigenvalue weighted by Crippen LogP contribution is 2.06. The van der Waals surface area contributed by atoms with Gasteiger partial charge in [0.15, 0.2) is 0 Å². The molecule has 1 amide bonds. The zero-order chi connectivity index (χ0) is 16.6. The summed E-state index contributed by atoms with van der Waals surface area (Å²) in [4.78, 5) is 27.0. The summed E-state index contributed by atoms with van der Waals surface area (Å²) in [5.74, 6) is 5.01. The molecule has 1 heterocycles. The van der Waals surface area contributed by atoms with E-state index >= 15 is 0 Å². The largest absolute Gasteiger partial charge is 0.461 e. The fraction of sp³-hybridized carbons (Fsp3) is 0.438. The average molecular weight is 304 g/mol. The van der Waals surface area contributed by atoms with E-state index in [1.54, 1.807) is 45.9 Å². The molecule has 0 bridgehead atoms. The van der Waals surface area contributed by atoms with Gasteiger partial charge in [-0.3, -0.25) is 0 Å². The molecular weight excluding hydrogens is 284 g/mol. The van der Waals surface area contributed by atoms with Crippen LogP contribution >= 0.6 is 0 Å². The molecule has 6 nitrogen and oxygen atoms in total. The Morgan fingerprint density at radius 2 is 2.05 bits per heavy atom. The van der Waals surface area contributed by atoms with Crippen LogP contribution < -0.4 is 5.32 Å². The molecule has 0 saturated heterocycles. The molecule has 22 heavy (non-hydrogen) atoms. The maximum absolute atomic E-state index is 11.5. The van der Waals surface area contributed by atoms with Gasteiger partial charge >= 0.3 is 12.1 Å². The summed E-state index contributed by atoms with van der Waals surface area (Å²) >= 11 is 0. The molecule has 0 saturated carbocycles. The predicted octanol–water partition coefficient (Wildman–Crippen LogP) is 2.13. The molecule has 118 valence electrons. The van der Waals surface area contributed by atoms with Crippen LogP contribution in [0.25, 0.3) is 0 Å². The van der Waals surface area contributed by atoms with Gasteiger partial charge in [0.05, 0.1) is 13.2 Å². The van der Waals surface area contributed by atoms with E-state index in [1.165, 1.54) is 0 Å². The lowest BCUT2D eigenvalue weighted by Crippen LogP contribution is -2.32. The van der Waals surface area contributed by atoms with E-state index in [0.717, 1.165) is 0 Å². The second-order valence-electron chi connectivity index (χ2n) is 5.29. The Labute approximate surface area is 130 Å². The molecule has 0 unspecified atom stereocenters. The number of carbonyl (C=O) groups excluding carboxylic acids is 2. The van der Waals surface area contributed by atoms with Crippen LogP contribution in [-0.4, -0.2) is 35.8 Å². The van der Waals surface area contributed by atoms with Crippen LogP contribution in [0, 0.1) is 11.8 Å². The number of alkyl carbamates (subject to hydrolysis) is 1. The van der Waals surface area contributed by atoms with Gasteiger partial charge in [0.1, 0.15) is 17.0 Å². The summed E-state index contributed by atoms with van der Waals surface area (Å²) in [6.07, 6.45) is -0.532. The topological polar surface area (TPSA) is 77.5 Å². The number of esters is 1. The number of ether oxygens (including phenoxy) is 2. The van der Waals surface area contributed by atoms with Crippen molar-refractivity contribution in [2.75, 3.05) is 13.2 Å². The van der Waals surface area contributed by atoms with Crippen LogP contribution in [0.5, 0.6) is 0 Å². The van der Waals surface area contributed by atoms with Gasteiger partial charge in [-0.05, 0) is 45.7 Å². The number of amides is 1. The molecule has 0 fully saturated rings. The average Bonchev–Trinajstić information content (AvgIpc) is 2.42. The minimum atomic E-state index is -0.549. The van der Waals surface area contributed by atoms with Crippen molar-refractivity contribution in [3.63, 3.8) is 0 Å². The van der Waals surface area contributed by atoms with Crippen molar-refractivity contribution >= 4 is 12.1 Å². The van der Waals surface area contributed by atoms with Gasteiger partial charge in [-0.25, -0.2) is 14.6 Å². The zero-order valence-corrected chi connectivity index (χ0v) is 13.2. The standard InChI is InChI=1S/C16H20N2O4/c1-5-21-14(19)13-10-6-8-12(18-13)9-7-11-17-15(20)22-16(2,3)4/h6,8,10H,5,11H2,1-4H3,(H,17,20). The fourth-order valence-electron chi connectivity index (χ4n) is 1.39. The van der Waals surface area contributed by atoms with Crippen LogP contribution in [0.2, 0.25) is 0 Å². The van der Waals surface area contributed by atoms with Gasteiger partial charge in [0.25, 0.3) is 0 Å². The van der Waals surface area contributed by atoms with Crippen molar-refractivity contribution in [3.8, 4) is 11.8 Å². The van der Waals surface area contributed by atoms with Gasteiger partial charge < -0.3 is 14.8 Å². The Hall–Kier alpha value is -2.55. The van der Waals surface area contributed by atoms with E-state index in [1.807, 2.05) is 0 Å². The van der Waals surface area contributed by atoms with Crippen molar-refractivity contribution in [2.24, 2.45) is 0 Å². The molecule has 1 N–H and O–H groups in total. The van der Waals surface area contributed by atoms with E-state index in [4.69, 9.17) is 9.47 Å². The van der Waals surface area contributed by atoms with Gasteiger partial charge in [0.2, 0.25) is 0 Å². The van der Waals surface area contributed by atoms with E-state index < -0.39 is 17.7 Å². The van der Waals surface area contributed by atoms with E-state index in [9.17, 15) is 9.59 Å². The molecule has 0 radical (unpaired) electrons. The van der Waals surface area contributed by atoms with Crippen molar-refractivity contribution in [3.05, 3.63) is 29.6 Å². The first kappa shape index (κ1) is 17.5. The SMILES string of the molecule is CCOC(=O)c1cccc(C#CCNC(=O)OC(C)(C)C)n1. The maximum atomic E-state index is 11.5. The van der Waals surface area contributed by atoms with E-state index in [2.05, 4.69) is 22.1 Å². The second-order valence-corrected chi connectivity index (χ2v) is 5.29. The Kier molecular flexibility index (Phi) is 6.39. The summed E-state index contributed by atoms with van der Waals surface area (Å²) < 4.78 is 9.94. The number of hydrogen-bond donors (Lipinski definition) is 1. The van der Waals surface area contributed by atoms with Crippen LogP contribution in [0.3, 0.4) is 0 Å². The van der Waals surface area contributed by atoms with E-state index in [-0.39, 0.29) is 18.8 Å². The van der Waals surface area contributed by atoms with Gasteiger partial charge in [-0.15, -0.1) is 0 Å². The van der Waals surface area contributed by atoms with E-state index in [0.29, 0.717) is 5.69 Å². The third kappa shape index (κ3) is 6.75. The maximum Gasteiger partial charge on any atom is 0.408 e. The zero-order valence-electron chi connectivity index (χ0n) is 13.2. The van der Waals surface area contributed by atoms with Crippen molar-refractivity contribution < 1.29 is 19.1 Å². The minimum absolute atomic E-state index is 0.125. The first-order valence-corrected chi connectivity index (χ1v) is 6.91. The summed E-state index contributed by atoms with van der Waals surface area (Å²) in [7, 11) is 0. The molecule has 0 aliphatic carbocycles. The summed E-state index contributed by atoms with van der Waals surface area (Å²) in [6.45, 7) is 7.48. The molecule has 0 aliphatic rings. The Morgan fingerprint density at radius 1 is 1.32 bits per heavy atom. The predicted molar refractivity (Wildman–Crippen MR) is 81.3 cm³/mol. The Bertz CT molecular complexity index is 594. The van der Waals surface area contributed by atoms with Gasteiger partial charge in [-0.2, -0.15) is 0 Å². The summed E-state index contributed by atoms with van der Waals surface area (Å²) in [5, 5.41) is 2.51. The van der Waals surface area contributed by atoms with Crippen LogP contribution in [0.15, 0.2) is 18.2 Å². The van der Waals surface area contributed by atoms with Crippen molar-refractivity contribution in [1.29, 1.82) is 0 Å². The highest BCUT2D eigenvalue weighted by atomic mass is 16.6. The number of carbonyl (C=O) groups is 2. The smallest absolute Gasteiger partial charge is 0.408 e. The second kappa shape index (κ2) is 8.03. The normalized spacial score (nSPS) is 10.2. The molecule has 0 spiro atoms. The van der Waals surface area contributed by atoms with Crippen LogP contribution in [0.1, 0.15) is 43.9 Å². The van der Waals surface area contributed by atoms with Crippen molar-refractivity contribution in [2.45, 2.75) is 33.3 Å². The number of pyridine rings is 1. The number of rotatable bonds is 3. The lowest BCUT2D eigenvalue weighted by atomic mass is 10.2. The molecule has 6 heteroatoms. The molecule has 0 atom stereocenters. The quantitative estimate of drug-likeness (QED) is 0.684. The third-order valence-corrected chi connectivity index (χ3v) is 2.17. The lowest BCUT2D eigenvalue weighted by molar-refractivity contribution is 0.0514. The molecule has 1 rings (SSSR count). The van der Waals surface area contributed by atoms with Crippen LogP contribution in [-0.2, 0) is 9.47 Å². The highest BCUT2D eigenvalue weighted by molar-refractivity contribution is 5.87. The summed E-state index contributed by atoms with van der Waals surface area (Å²) in [5.41, 5.74) is 0.0813. The van der Waals surface area contributed by atoms with Crippen molar-refractivity contribution in [1.82, 2.24) is 10.3 Å². The molecule has 1 aromatic rings. The highest BCUT2D eigenvalue weighted by Gasteiger charge is 2.15. The summed E-state index contributed by atoms with van der Waals surface area (Å²) in [6, 6.07) is 4.90. The minimum Gasteiger partial charge on any atom is -0.461 e. The lowest BCUT2D eigenvalue weighted by Gasteiger charge is -2.18. The number of aromatic nitrogens is 1. The molecule has 1 aromatic heterocycles. The first-order valence-electron chi connectivity index (χ1n) is 6.91. The number of nitrogens with zero attached hydrogens (tertiary/aromatic N) is 1.